The van der Waals surface area contributed by atoms with Crippen molar-refractivity contribution in [2.24, 2.45) is 0 Å². The first kappa shape index (κ1) is 15.0. The van der Waals surface area contributed by atoms with Gasteiger partial charge < -0.3 is 10.1 Å². The van der Waals surface area contributed by atoms with Crippen LogP contribution >= 0.6 is 0 Å². The van der Waals surface area contributed by atoms with Crippen molar-refractivity contribution in [1.82, 2.24) is 5.32 Å². The molecule has 0 bridgehead atoms. The molecule has 1 aromatic rings. The number of benzene rings is 1. The Bertz CT molecular complexity index is 489. The van der Waals surface area contributed by atoms with E-state index >= 15 is 0 Å². The lowest BCUT2D eigenvalue weighted by Gasteiger charge is -2.10. The third-order valence-electron chi connectivity index (χ3n) is 2.47. The maximum absolute atomic E-state index is 10.8. The van der Waals surface area contributed by atoms with Gasteiger partial charge in [-0.2, -0.15) is 0 Å². The second-order valence-electron chi connectivity index (χ2n) is 3.94. The molecule has 0 amide bonds. The van der Waals surface area contributed by atoms with Gasteiger partial charge in [0.05, 0.1) is 4.92 Å². The lowest BCUT2D eigenvalue weighted by molar-refractivity contribution is -0.384. The zero-order valence-corrected chi connectivity index (χ0v) is 11.2. The molecule has 0 saturated heterocycles. The molecule has 1 aromatic carbocycles. The molecule has 0 aliphatic rings. The summed E-state index contributed by atoms with van der Waals surface area (Å²) < 4.78 is 5.51. The Balaban J connectivity index is 2.85. The van der Waals surface area contributed by atoms with Gasteiger partial charge in [-0.1, -0.05) is 12.8 Å². The summed E-state index contributed by atoms with van der Waals surface area (Å²) in [5.74, 6) is 6.18. The van der Waals surface area contributed by atoms with E-state index in [1.54, 1.807) is 13.0 Å². The van der Waals surface area contributed by atoms with Crippen LogP contribution < -0.4 is 10.1 Å². The van der Waals surface area contributed by atoms with Gasteiger partial charge >= 0.3 is 0 Å². The molecule has 0 atom stereocenters. The molecular weight excluding hydrogens is 244 g/mol. The third kappa shape index (κ3) is 4.98. The van der Waals surface area contributed by atoms with Gasteiger partial charge in [-0.3, -0.25) is 10.1 Å². The number of non-ortho nitro benzene ring substituents is 1. The molecule has 0 spiro atoms. The SMILES string of the molecule is CC#CCOc1ccc([N+](=O)[O-])cc1CNCCC. The van der Waals surface area contributed by atoms with Crippen LogP contribution in [-0.4, -0.2) is 18.1 Å². The van der Waals surface area contributed by atoms with Crippen molar-refractivity contribution < 1.29 is 9.66 Å². The van der Waals surface area contributed by atoms with E-state index in [0.29, 0.717) is 12.3 Å². The predicted molar refractivity (Wildman–Crippen MR) is 74.0 cm³/mol. The number of nitrogens with one attached hydrogen (secondary N) is 1. The van der Waals surface area contributed by atoms with Crippen LogP contribution in [0.1, 0.15) is 25.8 Å². The number of nitro groups is 1. The Morgan fingerprint density at radius 1 is 1.47 bits per heavy atom. The third-order valence-corrected chi connectivity index (χ3v) is 2.47. The normalized spacial score (nSPS) is 9.58. The minimum Gasteiger partial charge on any atom is -0.481 e. The molecule has 5 nitrogen and oxygen atoms in total. The maximum Gasteiger partial charge on any atom is 0.270 e. The van der Waals surface area contributed by atoms with Crippen LogP contribution in [0, 0.1) is 22.0 Å². The van der Waals surface area contributed by atoms with Gasteiger partial charge in [-0.15, -0.1) is 5.92 Å². The molecule has 0 heterocycles. The summed E-state index contributed by atoms with van der Waals surface area (Å²) in [6.45, 7) is 5.49. The van der Waals surface area contributed by atoms with E-state index in [9.17, 15) is 10.1 Å². The van der Waals surface area contributed by atoms with Gasteiger partial charge in [-0.05, 0) is 26.0 Å². The highest BCUT2D eigenvalue weighted by Gasteiger charge is 2.11. The summed E-state index contributed by atoms with van der Waals surface area (Å²) in [6.07, 6.45) is 1.01. The highest BCUT2D eigenvalue weighted by atomic mass is 16.6. The monoisotopic (exact) mass is 262 g/mol. The number of ether oxygens (including phenoxy) is 1. The number of rotatable bonds is 7. The summed E-state index contributed by atoms with van der Waals surface area (Å²) in [5, 5.41) is 14.0. The molecule has 19 heavy (non-hydrogen) atoms. The fourth-order valence-corrected chi connectivity index (χ4v) is 1.54. The second kappa shape index (κ2) is 8.11. The quantitative estimate of drug-likeness (QED) is 0.355. The highest BCUT2D eigenvalue weighted by molar-refractivity contribution is 5.44. The first-order chi connectivity index (χ1) is 9.19. The van der Waals surface area contributed by atoms with Crippen LogP contribution in [0.2, 0.25) is 0 Å². The van der Waals surface area contributed by atoms with Crippen LogP contribution in [0.3, 0.4) is 0 Å². The zero-order valence-electron chi connectivity index (χ0n) is 11.2. The van der Waals surface area contributed by atoms with Crippen LogP contribution in [0.5, 0.6) is 5.75 Å². The van der Waals surface area contributed by atoms with Crippen molar-refractivity contribution >= 4 is 5.69 Å². The largest absolute Gasteiger partial charge is 0.481 e. The number of hydrogen-bond donors (Lipinski definition) is 1. The van der Waals surface area contributed by atoms with Gasteiger partial charge in [0.2, 0.25) is 0 Å². The van der Waals surface area contributed by atoms with Crippen molar-refractivity contribution in [3.05, 3.63) is 33.9 Å². The Morgan fingerprint density at radius 3 is 2.89 bits per heavy atom. The second-order valence-corrected chi connectivity index (χ2v) is 3.94. The molecule has 1 N–H and O–H groups in total. The van der Waals surface area contributed by atoms with Gasteiger partial charge in [0, 0.05) is 24.2 Å². The van der Waals surface area contributed by atoms with Crippen LogP contribution in [-0.2, 0) is 6.54 Å². The molecule has 0 saturated carbocycles. The fourth-order valence-electron chi connectivity index (χ4n) is 1.54. The van der Waals surface area contributed by atoms with Crippen LogP contribution in [0.25, 0.3) is 0 Å². The molecule has 0 aliphatic heterocycles. The summed E-state index contributed by atoms with van der Waals surface area (Å²) in [7, 11) is 0. The lowest BCUT2D eigenvalue weighted by atomic mass is 10.1. The fraction of sp³-hybridized carbons (Fsp3) is 0.429. The van der Waals surface area contributed by atoms with Gasteiger partial charge in [-0.25, -0.2) is 0 Å². The Labute approximate surface area is 113 Å². The Kier molecular flexibility index (Phi) is 6.41. The van der Waals surface area contributed by atoms with E-state index in [2.05, 4.69) is 24.1 Å². The maximum atomic E-state index is 10.8. The van der Waals surface area contributed by atoms with Crippen molar-refractivity contribution in [3.63, 3.8) is 0 Å². The van der Waals surface area contributed by atoms with Crippen molar-refractivity contribution in [2.75, 3.05) is 13.2 Å². The summed E-state index contributed by atoms with van der Waals surface area (Å²) >= 11 is 0. The first-order valence-electron chi connectivity index (χ1n) is 6.19. The van der Waals surface area contributed by atoms with Crippen molar-refractivity contribution in [3.8, 4) is 17.6 Å². The Hall–Kier alpha value is -2.06. The average Bonchev–Trinajstić information content (AvgIpc) is 2.40. The topological polar surface area (TPSA) is 64.4 Å². The van der Waals surface area contributed by atoms with Gasteiger partial charge in [0.1, 0.15) is 12.4 Å². The summed E-state index contributed by atoms with van der Waals surface area (Å²) in [5.41, 5.74) is 0.850. The molecule has 0 aliphatic carbocycles. The number of hydrogen-bond acceptors (Lipinski definition) is 4. The minimum absolute atomic E-state index is 0.0715. The lowest BCUT2D eigenvalue weighted by Crippen LogP contribution is -2.15. The minimum atomic E-state index is -0.404. The smallest absolute Gasteiger partial charge is 0.270 e. The van der Waals surface area contributed by atoms with Crippen molar-refractivity contribution in [2.45, 2.75) is 26.8 Å². The molecule has 102 valence electrons. The molecule has 5 heteroatoms. The molecule has 1 rings (SSSR count). The van der Waals surface area contributed by atoms with Crippen molar-refractivity contribution in [1.29, 1.82) is 0 Å². The van der Waals surface area contributed by atoms with Crippen LogP contribution in [0.15, 0.2) is 18.2 Å². The average molecular weight is 262 g/mol. The predicted octanol–water partition coefficient (Wildman–Crippen LogP) is 2.50. The Morgan fingerprint density at radius 2 is 2.26 bits per heavy atom. The molecule has 0 aromatic heterocycles. The molecule has 0 fully saturated rings. The van der Waals surface area contributed by atoms with E-state index in [1.807, 2.05) is 0 Å². The van der Waals surface area contributed by atoms with E-state index in [4.69, 9.17) is 4.74 Å². The van der Waals surface area contributed by atoms with Crippen LogP contribution in [0.4, 0.5) is 5.69 Å². The standard InChI is InChI=1S/C14H18N2O3/c1-3-5-9-19-14-7-6-13(16(17)18)10-12(14)11-15-8-4-2/h6-7,10,15H,4,8-9,11H2,1-2H3. The van der Waals surface area contributed by atoms with E-state index in [1.165, 1.54) is 12.1 Å². The highest BCUT2D eigenvalue weighted by Crippen LogP contribution is 2.24. The number of nitro benzene ring substituents is 1. The van der Waals surface area contributed by atoms with E-state index in [0.717, 1.165) is 18.5 Å². The van der Waals surface area contributed by atoms with Gasteiger partial charge in [0.25, 0.3) is 5.69 Å². The molecule has 0 radical (unpaired) electrons. The van der Waals surface area contributed by atoms with E-state index < -0.39 is 4.92 Å². The van der Waals surface area contributed by atoms with E-state index in [-0.39, 0.29) is 12.3 Å². The first-order valence-corrected chi connectivity index (χ1v) is 6.19. The molecule has 0 unspecified atom stereocenters. The van der Waals surface area contributed by atoms with Gasteiger partial charge in [0.15, 0.2) is 0 Å². The molecular formula is C14H18N2O3. The summed E-state index contributed by atoms with van der Waals surface area (Å²) in [4.78, 5) is 10.4. The summed E-state index contributed by atoms with van der Waals surface area (Å²) in [6, 6.07) is 4.60. The number of nitrogens with zero attached hydrogens (tertiary/aromatic N) is 1. The zero-order chi connectivity index (χ0) is 14.1.